The normalized spacial score (nSPS) is 11.0. The first-order chi connectivity index (χ1) is 14.7. The monoisotopic (exact) mass is 418 g/mol. The number of hydrogen-bond donors (Lipinski definition) is 1. The van der Waals surface area contributed by atoms with Crippen LogP contribution in [0, 0.1) is 6.92 Å². The van der Waals surface area contributed by atoms with Crippen LogP contribution in [0.4, 0.5) is 0 Å². The van der Waals surface area contributed by atoms with Gasteiger partial charge in [0.25, 0.3) is 0 Å². The van der Waals surface area contributed by atoms with Crippen molar-refractivity contribution in [2.24, 2.45) is 0 Å². The molecule has 0 spiro atoms. The number of fused-ring (bicyclic) bond motifs is 1. The van der Waals surface area contributed by atoms with Gasteiger partial charge in [0.15, 0.2) is 11.5 Å². The summed E-state index contributed by atoms with van der Waals surface area (Å²) in [5, 5.41) is 8.87. The van der Waals surface area contributed by atoms with Crippen LogP contribution in [0.1, 0.15) is 16.7 Å². The number of ether oxygens (including phenoxy) is 2. The van der Waals surface area contributed by atoms with Gasteiger partial charge in [-0.3, -0.25) is 0 Å². The molecule has 2 heterocycles. The molecule has 0 aliphatic rings. The Morgan fingerprint density at radius 3 is 2.43 bits per heavy atom. The van der Waals surface area contributed by atoms with E-state index in [1.807, 2.05) is 12.1 Å². The average Bonchev–Trinajstić information content (AvgIpc) is 3.31. The minimum Gasteiger partial charge on any atom is -0.493 e. The molecule has 4 rings (SSSR count). The lowest BCUT2D eigenvalue weighted by Crippen LogP contribution is -2.17. The van der Waals surface area contributed by atoms with Crippen LogP contribution in [0.25, 0.3) is 22.2 Å². The van der Waals surface area contributed by atoms with Crippen molar-refractivity contribution in [1.29, 1.82) is 0 Å². The van der Waals surface area contributed by atoms with Crippen molar-refractivity contribution in [3.8, 4) is 22.8 Å². The van der Waals surface area contributed by atoms with E-state index in [0.29, 0.717) is 11.5 Å². The highest BCUT2D eigenvalue weighted by atomic mass is 32.1. The van der Waals surface area contributed by atoms with Gasteiger partial charge in [-0.1, -0.05) is 29.8 Å². The lowest BCUT2D eigenvalue weighted by atomic mass is 10.0. The van der Waals surface area contributed by atoms with Crippen molar-refractivity contribution in [3.05, 3.63) is 76.0 Å². The summed E-state index contributed by atoms with van der Waals surface area (Å²) in [5.41, 5.74) is 6.88. The Morgan fingerprint density at radius 2 is 1.73 bits per heavy atom. The lowest BCUT2D eigenvalue weighted by molar-refractivity contribution is 0.356. The molecule has 1 N–H and O–H groups in total. The van der Waals surface area contributed by atoms with Gasteiger partial charge >= 0.3 is 0 Å². The number of rotatable bonds is 8. The fourth-order valence-electron chi connectivity index (χ4n) is 3.54. The number of hydrogen-bond acceptors (Lipinski definition) is 5. The van der Waals surface area contributed by atoms with Crippen LogP contribution in [0.5, 0.6) is 11.5 Å². The average molecular weight is 419 g/mol. The first-order valence-corrected chi connectivity index (χ1v) is 11.0. The number of aromatic nitrogens is 1. The van der Waals surface area contributed by atoms with Gasteiger partial charge < -0.3 is 14.8 Å². The third kappa shape index (κ3) is 4.48. The molecule has 4 aromatic rings. The van der Waals surface area contributed by atoms with E-state index in [2.05, 4.69) is 59.4 Å². The zero-order chi connectivity index (χ0) is 20.9. The highest BCUT2D eigenvalue weighted by molar-refractivity contribution is 7.08. The summed E-state index contributed by atoms with van der Waals surface area (Å²) < 4.78 is 10.9. The first-order valence-electron chi connectivity index (χ1n) is 10.0. The van der Waals surface area contributed by atoms with Gasteiger partial charge in [-0.15, -0.1) is 0 Å². The molecule has 154 valence electrons. The topological polar surface area (TPSA) is 43.4 Å². The fourth-order valence-corrected chi connectivity index (χ4v) is 4.18. The number of nitrogens with zero attached hydrogens (tertiary/aromatic N) is 1. The molecule has 5 heteroatoms. The van der Waals surface area contributed by atoms with Crippen LogP contribution in [-0.4, -0.2) is 25.7 Å². The molecule has 0 radical (unpaired) electrons. The fraction of sp³-hybridized carbons (Fsp3) is 0.240. The Kier molecular flexibility index (Phi) is 6.31. The SMILES string of the molecule is COc1cc2cc(CNCCc3ccc(C)cc3)c(-c3ccsc3)nc2cc1OC. The van der Waals surface area contributed by atoms with Crippen molar-refractivity contribution in [2.45, 2.75) is 19.9 Å². The number of nitrogens with one attached hydrogen (secondary N) is 1. The van der Waals surface area contributed by atoms with Gasteiger partial charge in [0.2, 0.25) is 0 Å². The zero-order valence-corrected chi connectivity index (χ0v) is 18.4. The Morgan fingerprint density at radius 1 is 0.967 bits per heavy atom. The molecule has 0 bridgehead atoms. The maximum Gasteiger partial charge on any atom is 0.162 e. The summed E-state index contributed by atoms with van der Waals surface area (Å²) in [6.45, 7) is 3.79. The minimum absolute atomic E-state index is 0.692. The second kappa shape index (κ2) is 9.28. The molecule has 0 saturated carbocycles. The van der Waals surface area contributed by atoms with E-state index in [1.54, 1.807) is 25.6 Å². The van der Waals surface area contributed by atoms with Crippen molar-refractivity contribution in [2.75, 3.05) is 20.8 Å². The summed E-state index contributed by atoms with van der Waals surface area (Å²) in [5.74, 6) is 1.41. The summed E-state index contributed by atoms with van der Waals surface area (Å²) in [6.07, 6.45) is 1.00. The van der Waals surface area contributed by atoms with Crippen LogP contribution < -0.4 is 14.8 Å². The number of methoxy groups -OCH3 is 2. The van der Waals surface area contributed by atoms with E-state index < -0.39 is 0 Å². The van der Waals surface area contributed by atoms with E-state index in [4.69, 9.17) is 14.5 Å². The lowest BCUT2D eigenvalue weighted by Gasteiger charge is -2.14. The minimum atomic E-state index is 0.692. The molecule has 2 aromatic carbocycles. The third-order valence-corrected chi connectivity index (χ3v) is 5.90. The quantitative estimate of drug-likeness (QED) is 0.377. The van der Waals surface area contributed by atoms with Crippen LogP contribution in [-0.2, 0) is 13.0 Å². The summed E-state index contributed by atoms with van der Waals surface area (Å²) in [7, 11) is 3.31. The molecule has 30 heavy (non-hydrogen) atoms. The van der Waals surface area contributed by atoms with Gasteiger partial charge in [0, 0.05) is 28.9 Å². The number of pyridine rings is 1. The molecule has 2 aromatic heterocycles. The van der Waals surface area contributed by atoms with Crippen molar-refractivity contribution < 1.29 is 9.47 Å². The molecule has 0 amide bonds. The van der Waals surface area contributed by atoms with Gasteiger partial charge in [-0.25, -0.2) is 4.98 Å². The van der Waals surface area contributed by atoms with Crippen molar-refractivity contribution >= 4 is 22.2 Å². The molecule has 0 fully saturated rings. The van der Waals surface area contributed by atoms with E-state index in [-0.39, 0.29) is 0 Å². The second-order valence-corrected chi connectivity index (χ2v) is 8.10. The number of aryl methyl sites for hydroxylation is 1. The zero-order valence-electron chi connectivity index (χ0n) is 17.6. The van der Waals surface area contributed by atoms with Gasteiger partial charge in [-0.2, -0.15) is 11.3 Å². The predicted molar refractivity (Wildman–Crippen MR) is 125 cm³/mol. The molecule has 0 aliphatic carbocycles. The Hall–Kier alpha value is -2.89. The van der Waals surface area contributed by atoms with Gasteiger partial charge in [-0.05, 0) is 54.6 Å². The second-order valence-electron chi connectivity index (χ2n) is 7.32. The Labute approximate surface area is 181 Å². The molecule has 0 saturated heterocycles. The van der Waals surface area contributed by atoms with E-state index >= 15 is 0 Å². The van der Waals surface area contributed by atoms with Crippen LogP contribution in [0.3, 0.4) is 0 Å². The largest absolute Gasteiger partial charge is 0.493 e. The summed E-state index contributed by atoms with van der Waals surface area (Å²) in [4.78, 5) is 4.98. The predicted octanol–water partition coefficient (Wildman–Crippen LogP) is 5.62. The van der Waals surface area contributed by atoms with Crippen LogP contribution in [0.2, 0.25) is 0 Å². The Bertz CT molecular complexity index is 1120. The molecule has 0 aliphatic heterocycles. The van der Waals surface area contributed by atoms with Crippen LogP contribution >= 0.6 is 11.3 Å². The van der Waals surface area contributed by atoms with E-state index in [1.165, 1.54) is 16.7 Å². The standard InChI is InChI=1S/C25H26N2O2S/c1-17-4-6-18(7-5-17)8-10-26-15-21-12-20-13-23(28-2)24(29-3)14-22(20)27-25(21)19-9-11-30-16-19/h4-7,9,11-14,16,26H,8,10,15H2,1-3H3. The number of benzene rings is 2. The molecular weight excluding hydrogens is 392 g/mol. The van der Waals surface area contributed by atoms with E-state index in [0.717, 1.165) is 41.7 Å². The first kappa shape index (κ1) is 20.4. The summed E-state index contributed by atoms with van der Waals surface area (Å²) >= 11 is 1.68. The highest BCUT2D eigenvalue weighted by Crippen LogP contribution is 2.34. The van der Waals surface area contributed by atoms with Gasteiger partial charge in [0.05, 0.1) is 25.4 Å². The Balaban J connectivity index is 1.59. The molecule has 0 unspecified atom stereocenters. The summed E-state index contributed by atoms with van der Waals surface area (Å²) in [6, 6.07) is 17.0. The smallest absolute Gasteiger partial charge is 0.162 e. The van der Waals surface area contributed by atoms with Crippen LogP contribution in [0.15, 0.2) is 59.3 Å². The van der Waals surface area contributed by atoms with Gasteiger partial charge in [0.1, 0.15) is 0 Å². The number of thiophene rings is 1. The highest BCUT2D eigenvalue weighted by Gasteiger charge is 2.13. The van der Waals surface area contributed by atoms with Crippen molar-refractivity contribution in [1.82, 2.24) is 10.3 Å². The van der Waals surface area contributed by atoms with E-state index in [9.17, 15) is 0 Å². The van der Waals surface area contributed by atoms with Crippen molar-refractivity contribution in [3.63, 3.8) is 0 Å². The maximum atomic E-state index is 5.48. The molecular formula is C25H26N2O2S. The third-order valence-electron chi connectivity index (χ3n) is 5.22. The molecule has 0 atom stereocenters. The molecule has 4 nitrogen and oxygen atoms in total. The maximum absolute atomic E-state index is 5.48.